The van der Waals surface area contributed by atoms with Crippen molar-refractivity contribution in [1.82, 2.24) is 4.90 Å². The van der Waals surface area contributed by atoms with Crippen LogP contribution in [0.4, 0.5) is 0 Å². The van der Waals surface area contributed by atoms with Crippen molar-refractivity contribution in [1.29, 1.82) is 0 Å². The molecule has 4 nitrogen and oxygen atoms in total. The Hall–Kier alpha value is -1.84. The first-order valence-corrected chi connectivity index (χ1v) is 7.61. The molecule has 1 heterocycles. The second-order valence-corrected chi connectivity index (χ2v) is 5.24. The fourth-order valence-electron chi connectivity index (χ4n) is 3.17. The van der Waals surface area contributed by atoms with E-state index in [-0.39, 0.29) is 17.6 Å². The van der Waals surface area contributed by atoms with Gasteiger partial charge in [-0.25, -0.2) is 0 Å². The summed E-state index contributed by atoms with van der Waals surface area (Å²) in [7, 11) is 3.40. The van der Waals surface area contributed by atoms with Crippen molar-refractivity contribution < 1.29 is 14.3 Å². The Labute approximate surface area is 126 Å². The summed E-state index contributed by atoms with van der Waals surface area (Å²) in [6.45, 7) is 4.71. The van der Waals surface area contributed by atoms with Crippen LogP contribution in [0.25, 0.3) is 0 Å². The normalized spacial score (nSPS) is 20.2. The average molecular weight is 289 g/mol. The van der Waals surface area contributed by atoms with E-state index >= 15 is 0 Å². The van der Waals surface area contributed by atoms with E-state index < -0.39 is 0 Å². The van der Waals surface area contributed by atoms with Gasteiger partial charge in [0, 0.05) is 20.0 Å². The summed E-state index contributed by atoms with van der Waals surface area (Å²) in [4.78, 5) is 26.4. The van der Waals surface area contributed by atoms with Crippen molar-refractivity contribution >= 4 is 11.7 Å². The van der Waals surface area contributed by atoms with E-state index in [9.17, 15) is 9.59 Å². The Kier molecular flexibility index (Phi) is 4.66. The van der Waals surface area contributed by atoms with Crippen molar-refractivity contribution in [2.75, 3.05) is 20.7 Å². The van der Waals surface area contributed by atoms with Crippen molar-refractivity contribution in [3.63, 3.8) is 0 Å². The molecule has 2 aliphatic rings. The molecule has 1 aromatic carbocycles. The van der Waals surface area contributed by atoms with Gasteiger partial charge in [-0.3, -0.25) is 9.59 Å². The number of nitrogens with zero attached hydrogens (tertiary/aromatic N) is 1. The molecule has 1 aliphatic carbocycles. The third-order valence-electron chi connectivity index (χ3n) is 4.20. The number of amides is 1. The number of ether oxygens (including phenoxy) is 1. The van der Waals surface area contributed by atoms with E-state index in [2.05, 4.69) is 0 Å². The minimum atomic E-state index is -0.176. The number of hydrogen-bond donors (Lipinski definition) is 0. The molecule has 1 atom stereocenters. The van der Waals surface area contributed by atoms with Gasteiger partial charge in [-0.15, -0.1) is 0 Å². The number of rotatable bonds is 1. The molecule has 0 spiro atoms. The van der Waals surface area contributed by atoms with Crippen LogP contribution in [-0.2, 0) is 11.2 Å². The fourth-order valence-corrected chi connectivity index (χ4v) is 3.17. The van der Waals surface area contributed by atoms with Gasteiger partial charge in [-0.1, -0.05) is 19.9 Å². The SMILES string of the molecule is CC.COc1ccc2c3c1C(=O)CCC3C(=O)N(C)CC2. The second-order valence-electron chi connectivity index (χ2n) is 5.24. The smallest absolute Gasteiger partial charge is 0.229 e. The van der Waals surface area contributed by atoms with Crippen LogP contribution in [0.5, 0.6) is 5.75 Å². The highest BCUT2D eigenvalue weighted by molar-refractivity contribution is 6.04. The number of carbonyl (C=O) groups excluding carboxylic acids is 2. The van der Waals surface area contributed by atoms with Gasteiger partial charge in [0.05, 0.1) is 18.6 Å². The zero-order chi connectivity index (χ0) is 15.6. The quantitative estimate of drug-likeness (QED) is 0.798. The molecule has 4 heteroatoms. The zero-order valence-corrected chi connectivity index (χ0v) is 13.2. The monoisotopic (exact) mass is 289 g/mol. The third kappa shape index (κ3) is 2.55. The minimum Gasteiger partial charge on any atom is -0.496 e. The summed E-state index contributed by atoms with van der Waals surface area (Å²) in [5.41, 5.74) is 2.68. The molecule has 0 saturated carbocycles. The van der Waals surface area contributed by atoms with Gasteiger partial charge >= 0.3 is 0 Å². The Bertz CT molecular complexity index is 565. The molecule has 114 valence electrons. The zero-order valence-electron chi connectivity index (χ0n) is 13.2. The number of likely N-dealkylation sites (N-methyl/N-ethyl adjacent to an activating group) is 1. The number of methoxy groups -OCH3 is 1. The number of ketones is 1. The lowest BCUT2D eigenvalue weighted by atomic mass is 9.78. The van der Waals surface area contributed by atoms with E-state index in [1.807, 2.05) is 33.0 Å². The molecule has 0 fully saturated rings. The Morgan fingerprint density at radius 3 is 2.57 bits per heavy atom. The van der Waals surface area contributed by atoms with Crippen LogP contribution in [-0.4, -0.2) is 37.3 Å². The van der Waals surface area contributed by atoms with Crippen LogP contribution in [0.2, 0.25) is 0 Å². The van der Waals surface area contributed by atoms with Gasteiger partial charge in [-0.05, 0) is 30.0 Å². The topological polar surface area (TPSA) is 46.6 Å². The Morgan fingerprint density at radius 2 is 1.90 bits per heavy atom. The van der Waals surface area contributed by atoms with Crippen LogP contribution >= 0.6 is 0 Å². The Balaban J connectivity index is 0.000000774. The maximum atomic E-state index is 12.4. The molecule has 0 bridgehead atoms. The molecular formula is C17H23NO3. The summed E-state index contributed by atoms with van der Waals surface area (Å²) in [5, 5.41) is 0. The summed E-state index contributed by atoms with van der Waals surface area (Å²) in [6, 6.07) is 3.85. The van der Waals surface area contributed by atoms with Gasteiger partial charge in [0.2, 0.25) is 5.91 Å². The summed E-state index contributed by atoms with van der Waals surface area (Å²) < 4.78 is 5.31. The second kappa shape index (κ2) is 6.29. The van der Waals surface area contributed by atoms with Crippen LogP contribution < -0.4 is 4.74 Å². The van der Waals surface area contributed by atoms with Crippen LogP contribution in [0, 0.1) is 0 Å². The van der Waals surface area contributed by atoms with Crippen molar-refractivity contribution in [2.24, 2.45) is 0 Å². The number of Topliss-reactive ketones (excluding diaryl/α,β-unsaturated/α-hetero) is 1. The molecule has 1 aromatic rings. The van der Waals surface area contributed by atoms with Crippen LogP contribution in [0.3, 0.4) is 0 Å². The molecule has 0 radical (unpaired) electrons. The summed E-state index contributed by atoms with van der Waals surface area (Å²) in [6.07, 6.45) is 1.85. The Morgan fingerprint density at radius 1 is 1.19 bits per heavy atom. The fraction of sp³-hybridized carbons (Fsp3) is 0.529. The molecule has 3 rings (SSSR count). The van der Waals surface area contributed by atoms with E-state index in [1.54, 1.807) is 12.0 Å². The molecule has 0 saturated heterocycles. The predicted molar refractivity (Wildman–Crippen MR) is 82.0 cm³/mol. The highest BCUT2D eigenvalue weighted by Crippen LogP contribution is 2.41. The first-order valence-electron chi connectivity index (χ1n) is 7.61. The largest absolute Gasteiger partial charge is 0.496 e. The van der Waals surface area contributed by atoms with Crippen LogP contribution in [0.1, 0.15) is 54.1 Å². The molecule has 1 aliphatic heterocycles. The standard InChI is InChI=1S/C15H17NO3.C2H6/c1-16-8-7-9-3-6-12(19-2)14-11(17)5-4-10(13(9)14)15(16)18;1-2/h3,6,10H,4-5,7-8H2,1-2H3;1-2H3. The lowest BCUT2D eigenvalue weighted by Crippen LogP contribution is -2.33. The maximum Gasteiger partial charge on any atom is 0.229 e. The summed E-state index contributed by atoms with van der Waals surface area (Å²) >= 11 is 0. The number of hydrogen-bond acceptors (Lipinski definition) is 3. The maximum absolute atomic E-state index is 12.4. The average Bonchev–Trinajstić information content (AvgIpc) is 2.64. The predicted octanol–water partition coefficient (Wildman–Crippen LogP) is 2.80. The lowest BCUT2D eigenvalue weighted by molar-refractivity contribution is -0.131. The van der Waals surface area contributed by atoms with Crippen molar-refractivity contribution in [3.05, 3.63) is 28.8 Å². The molecular weight excluding hydrogens is 266 g/mol. The van der Waals surface area contributed by atoms with Gasteiger partial charge in [0.1, 0.15) is 5.75 Å². The molecule has 21 heavy (non-hydrogen) atoms. The van der Waals surface area contributed by atoms with E-state index in [4.69, 9.17) is 4.74 Å². The molecule has 0 N–H and O–H groups in total. The van der Waals surface area contributed by atoms with Gasteiger partial charge in [0.25, 0.3) is 0 Å². The highest BCUT2D eigenvalue weighted by Gasteiger charge is 2.37. The van der Waals surface area contributed by atoms with E-state index in [0.29, 0.717) is 30.7 Å². The van der Waals surface area contributed by atoms with Crippen LogP contribution in [0.15, 0.2) is 12.1 Å². The highest BCUT2D eigenvalue weighted by atomic mass is 16.5. The van der Waals surface area contributed by atoms with E-state index in [1.165, 1.54) is 0 Å². The van der Waals surface area contributed by atoms with Crippen molar-refractivity contribution in [2.45, 2.75) is 39.0 Å². The number of carbonyl (C=O) groups is 2. The summed E-state index contributed by atoms with van der Waals surface area (Å²) in [5.74, 6) is 0.652. The molecule has 1 amide bonds. The van der Waals surface area contributed by atoms with Gasteiger partial charge in [-0.2, -0.15) is 0 Å². The minimum absolute atomic E-state index is 0.0994. The number of benzene rings is 1. The van der Waals surface area contributed by atoms with Gasteiger partial charge in [0.15, 0.2) is 5.78 Å². The first-order chi connectivity index (χ1) is 10.1. The van der Waals surface area contributed by atoms with Crippen molar-refractivity contribution in [3.8, 4) is 5.75 Å². The lowest BCUT2D eigenvalue weighted by Gasteiger charge is -2.27. The van der Waals surface area contributed by atoms with E-state index in [0.717, 1.165) is 17.5 Å². The first kappa shape index (κ1) is 15.5. The molecule has 0 aromatic heterocycles. The molecule has 1 unspecified atom stereocenters. The third-order valence-corrected chi connectivity index (χ3v) is 4.20. The van der Waals surface area contributed by atoms with Gasteiger partial charge < -0.3 is 9.64 Å².